The van der Waals surface area contributed by atoms with E-state index in [1.165, 1.54) is 11.8 Å². The summed E-state index contributed by atoms with van der Waals surface area (Å²) in [5, 5.41) is 13.3. The van der Waals surface area contributed by atoms with Crippen LogP contribution in [0.5, 0.6) is 5.75 Å². The molecule has 0 saturated carbocycles. The molecule has 0 unspecified atom stereocenters. The Kier molecular flexibility index (Phi) is 7.54. The van der Waals surface area contributed by atoms with Gasteiger partial charge in [0.2, 0.25) is 5.91 Å². The predicted molar refractivity (Wildman–Crippen MR) is 134 cm³/mol. The number of aromatic nitrogens is 3. The van der Waals surface area contributed by atoms with Gasteiger partial charge in [0.15, 0.2) is 11.0 Å². The highest BCUT2D eigenvalue weighted by Crippen LogP contribution is 2.32. The molecule has 1 N–H and O–H groups in total. The zero-order chi connectivity index (χ0) is 23.2. The minimum atomic E-state index is -0.183. The van der Waals surface area contributed by atoms with Crippen molar-refractivity contribution in [2.45, 2.75) is 12.1 Å². The third kappa shape index (κ3) is 5.50. The highest BCUT2D eigenvalue weighted by atomic mass is 35.5. The lowest BCUT2D eigenvalue weighted by Gasteiger charge is -2.12. The molecule has 0 spiro atoms. The van der Waals surface area contributed by atoms with E-state index in [1.54, 1.807) is 24.3 Å². The van der Waals surface area contributed by atoms with Crippen molar-refractivity contribution in [2.75, 3.05) is 17.7 Å². The number of carbonyl (C=O) groups is 1. The summed E-state index contributed by atoms with van der Waals surface area (Å²) < 4.78 is 7.44. The molecular weight excluding hydrogens is 479 g/mol. The Labute approximate surface area is 205 Å². The van der Waals surface area contributed by atoms with Gasteiger partial charge in [-0.3, -0.25) is 9.36 Å². The van der Waals surface area contributed by atoms with Crippen molar-refractivity contribution in [1.82, 2.24) is 14.8 Å². The Hall–Kier alpha value is -3.00. The van der Waals surface area contributed by atoms with Gasteiger partial charge in [-0.15, -0.1) is 10.2 Å². The highest BCUT2D eigenvalue weighted by Gasteiger charge is 2.19. The number of carbonyl (C=O) groups excluding carboxylic acids is 1. The average Bonchev–Trinajstić information content (AvgIpc) is 3.24. The molecular formula is C24H20Cl2N4O2S. The van der Waals surface area contributed by atoms with E-state index in [9.17, 15) is 4.79 Å². The summed E-state index contributed by atoms with van der Waals surface area (Å²) in [7, 11) is 0. The Morgan fingerprint density at radius 3 is 2.48 bits per heavy atom. The molecule has 4 rings (SSSR count). The lowest BCUT2D eigenvalue weighted by molar-refractivity contribution is -0.113. The fraction of sp³-hybridized carbons (Fsp3) is 0.125. The minimum absolute atomic E-state index is 0.134. The van der Waals surface area contributed by atoms with Gasteiger partial charge in [-0.05, 0) is 55.5 Å². The summed E-state index contributed by atoms with van der Waals surface area (Å²) in [5.41, 5.74) is 2.17. The Morgan fingerprint density at radius 1 is 1.00 bits per heavy atom. The zero-order valence-corrected chi connectivity index (χ0v) is 20.0. The molecule has 168 valence electrons. The maximum absolute atomic E-state index is 12.7. The van der Waals surface area contributed by atoms with E-state index in [0.717, 1.165) is 11.3 Å². The molecule has 4 aromatic rings. The lowest BCUT2D eigenvalue weighted by atomic mass is 10.2. The summed E-state index contributed by atoms with van der Waals surface area (Å²) in [6.45, 7) is 2.41. The van der Waals surface area contributed by atoms with Crippen LogP contribution in [0.15, 0.2) is 78.0 Å². The molecule has 0 saturated heterocycles. The minimum Gasteiger partial charge on any atom is -0.492 e. The molecule has 9 heteroatoms. The van der Waals surface area contributed by atoms with E-state index in [-0.39, 0.29) is 11.7 Å². The topological polar surface area (TPSA) is 69.0 Å². The van der Waals surface area contributed by atoms with Crippen molar-refractivity contribution in [2.24, 2.45) is 0 Å². The summed E-state index contributed by atoms with van der Waals surface area (Å²) in [4.78, 5) is 12.7. The van der Waals surface area contributed by atoms with E-state index < -0.39 is 0 Å². The number of ether oxygens (including phenoxy) is 1. The number of halogens is 2. The van der Waals surface area contributed by atoms with Crippen LogP contribution in [0.25, 0.3) is 17.1 Å². The molecule has 6 nitrogen and oxygen atoms in total. The Morgan fingerprint density at radius 2 is 1.73 bits per heavy atom. The van der Waals surface area contributed by atoms with Crippen LogP contribution in [0, 0.1) is 0 Å². The van der Waals surface area contributed by atoms with Crippen molar-refractivity contribution in [3.8, 4) is 22.8 Å². The molecule has 3 aromatic carbocycles. The first-order chi connectivity index (χ1) is 16.1. The number of thioether (sulfide) groups is 1. The van der Waals surface area contributed by atoms with Crippen LogP contribution in [0.2, 0.25) is 10.0 Å². The molecule has 1 aromatic heterocycles. The van der Waals surface area contributed by atoms with Gasteiger partial charge in [-0.2, -0.15) is 0 Å². The van der Waals surface area contributed by atoms with Crippen LogP contribution < -0.4 is 10.1 Å². The molecule has 0 aliphatic heterocycles. The fourth-order valence-electron chi connectivity index (χ4n) is 3.17. The van der Waals surface area contributed by atoms with Gasteiger partial charge in [0.25, 0.3) is 0 Å². The molecule has 0 atom stereocenters. The maximum Gasteiger partial charge on any atom is 0.234 e. The van der Waals surface area contributed by atoms with Crippen molar-refractivity contribution >= 4 is 46.6 Å². The summed E-state index contributed by atoms with van der Waals surface area (Å²) in [6, 6.07) is 22.1. The van der Waals surface area contributed by atoms with E-state index in [0.29, 0.717) is 39.1 Å². The first-order valence-electron chi connectivity index (χ1n) is 10.2. The molecule has 0 bridgehead atoms. The zero-order valence-electron chi connectivity index (χ0n) is 17.7. The predicted octanol–water partition coefficient (Wildman–Crippen LogP) is 6.37. The number of nitrogens with zero attached hydrogens (tertiary/aromatic N) is 3. The molecule has 0 radical (unpaired) electrons. The fourth-order valence-corrected chi connectivity index (χ4v) is 4.27. The number of amides is 1. The number of rotatable bonds is 8. The van der Waals surface area contributed by atoms with Crippen LogP contribution in [0.3, 0.4) is 0 Å². The third-order valence-electron chi connectivity index (χ3n) is 4.63. The molecule has 0 fully saturated rings. The number of hydrogen-bond donors (Lipinski definition) is 1. The Bertz CT molecular complexity index is 1260. The highest BCUT2D eigenvalue weighted by molar-refractivity contribution is 7.99. The molecule has 1 amide bonds. The van der Waals surface area contributed by atoms with Crippen molar-refractivity contribution in [3.63, 3.8) is 0 Å². The third-order valence-corrected chi connectivity index (χ3v) is 6.14. The van der Waals surface area contributed by atoms with Crippen molar-refractivity contribution in [3.05, 3.63) is 82.8 Å². The summed E-state index contributed by atoms with van der Waals surface area (Å²) in [5.74, 6) is 1.16. The summed E-state index contributed by atoms with van der Waals surface area (Å²) in [6.07, 6.45) is 0. The van der Waals surface area contributed by atoms with E-state index in [4.69, 9.17) is 27.9 Å². The van der Waals surface area contributed by atoms with Crippen LogP contribution in [-0.4, -0.2) is 33.0 Å². The maximum atomic E-state index is 12.7. The number of hydrogen-bond acceptors (Lipinski definition) is 5. The quantitative estimate of drug-likeness (QED) is 0.285. The van der Waals surface area contributed by atoms with Crippen LogP contribution >= 0.6 is 35.0 Å². The van der Waals surface area contributed by atoms with Gasteiger partial charge in [0, 0.05) is 16.3 Å². The van der Waals surface area contributed by atoms with Gasteiger partial charge < -0.3 is 10.1 Å². The normalized spacial score (nSPS) is 10.8. The molecule has 1 heterocycles. The van der Waals surface area contributed by atoms with E-state index >= 15 is 0 Å². The first-order valence-corrected chi connectivity index (χ1v) is 11.9. The van der Waals surface area contributed by atoms with Gasteiger partial charge in [-0.25, -0.2) is 0 Å². The number of benzene rings is 3. The second kappa shape index (κ2) is 10.7. The van der Waals surface area contributed by atoms with Crippen molar-refractivity contribution < 1.29 is 9.53 Å². The second-order valence-corrected chi connectivity index (χ2v) is 8.65. The van der Waals surface area contributed by atoms with Gasteiger partial charge in [0.1, 0.15) is 5.75 Å². The van der Waals surface area contributed by atoms with E-state index in [2.05, 4.69) is 15.5 Å². The second-order valence-electron chi connectivity index (χ2n) is 6.86. The number of anilines is 1. The molecule has 0 aliphatic rings. The van der Waals surface area contributed by atoms with Gasteiger partial charge in [-0.1, -0.05) is 59.2 Å². The SMILES string of the molecule is CCOc1ccccc1NC(=O)CSc1nnc(-c2ccccc2Cl)n1-c1ccc(Cl)cc1. The van der Waals surface area contributed by atoms with Crippen LogP contribution in [0.4, 0.5) is 5.69 Å². The largest absolute Gasteiger partial charge is 0.492 e. The van der Waals surface area contributed by atoms with Gasteiger partial charge >= 0.3 is 0 Å². The monoisotopic (exact) mass is 498 g/mol. The van der Waals surface area contributed by atoms with Gasteiger partial charge in [0.05, 0.1) is 23.1 Å². The molecule has 33 heavy (non-hydrogen) atoms. The Balaban J connectivity index is 1.60. The van der Waals surface area contributed by atoms with Crippen molar-refractivity contribution in [1.29, 1.82) is 0 Å². The first kappa shape index (κ1) is 23.2. The average molecular weight is 499 g/mol. The number of nitrogens with one attached hydrogen (secondary N) is 1. The smallest absolute Gasteiger partial charge is 0.234 e. The molecule has 0 aliphatic carbocycles. The van der Waals surface area contributed by atoms with Crippen LogP contribution in [-0.2, 0) is 4.79 Å². The lowest BCUT2D eigenvalue weighted by Crippen LogP contribution is -2.15. The number of para-hydroxylation sites is 2. The summed E-state index contributed by atoms with van der Waals surface area (Å²) >= 11 is 13.8. The van der Waals surface area contributed by atoms with Crippen LogP contribution in [0.1, 0.15) is 6.92 Å². The standard InChI is InChI=1S/C24H20Cl2N4O2S/c1-2-32-21-10-6-5-9-20(21)27-22(31)15-33-24-29-28-23(18-7-3-4-8-19(18)26)30(24)17-13-11-16(25)12-14-17/h3-14H,2,15H2,1H3,(H,27,31). The van der Waals surface area contributed by atoms with E-state index in [1.807, 2.05) is 60.0 Å².